The van der Waals surface area contributed by atoms with E-state index in [1.165, 1.54) is 16.7 Å². The van der Waals surface area contributed by atoms with Gasteiger partial charge in [-0.3, -0.25) is 14.5 Å². The summed E-state index contributed by atoms with van der Waals surface area (Å²) < 4.78 is 0.386. The third-order valence-electron chi connectivity index (χ3n) is 2.59. The highest BCUT2D eigenvalue weighted by Gasteiger charge is 2.31. The molecule has 0 bridgehead atoms. The fourth-order valence-corrected chi connectivity index (χ4v) is 3.05. The van der Waals surface area contributed by atoms with Crippen LogP contribution >= 0.6 is 35.6 Å². The van der Waals surface area contributed by atoms with E-state index in [-0.39, 0.29) is 18.9 Å². The van der Waals surface area contributed by atoms with Crippen LogP contribution in [0.2, 0.25) is 5.02 Å². The first-order chi connectivity index (χ1) is 9.47. The molecular formula is C13H10ClNO3S2. The molecule has 0 radical (unpaired) electrons. The summed E-state index contributed by atoms with van der Waals surface area (Å²) >= 11 is 12.1. The summed E-state index contributed by atoms with van der Waals surface area (Å²) in [7, 11) is 0. The number of benzene rings is 1. The summed E-state index contributed by atoms with van der Waals surface area (Å²) in [6.45, 7) is 0.0952. The van der Waals surface area contributed by atoms with Crippen LogP contribution in [0.15, 0.2) is 29.2 Å². The van der Waals surface area contributed by atoms with Gasteiger partial charge in [0.25, 0.3) is 5.91 Å². The second-order valence-corrected chi connectivity index (χ2v) is 6.14. The van der Waals surface area contributed by atoms with Gasteiger partial charge in [-0.15, -0.1) is 0 Å². The van der Waals surface area contributed by atoms with E-state index in [1.54, 1.807) is 30.3 Å². The van der Waals surface area contributed by atoms with Crippen LogP contribution in [0.5, 0.6) is 0 Å². The fraction of sp³-hybridized carbons (Fsp3) is 0.154. The minimum Gasteiger partial charge on any atom is -0.481 e. The molecule has 1 N–H and O–H groups in total. The molecule has 7 heteroatoms. The number of carbonyl (C=O) groups is 2. The van der Waals surface area contributed by atoms with E-state index >= 15 is 0 Å². The monoisotopic (exact) mass is 327 g/mol. The lowest BCUT2D eigenvalue weighted by molar-refractivity contribution is -0.137. The van der Waals surface area contributed by atoms with Gasteiger partial charge in [-0.25, -0.2) is 0 Å². The predicted molar refractivity (Wildman–Crippen MR) is 83.6 cm³/mol. The normalized spacial score (nSPS) is 17.1. The van der Waals surface area contributed by atoms with Gasteiger partial charge in [0.1, 0.15) is 4.32 Å². The second-order valence-electron chi connectivity index (χ2n) is 4.03. The van der Waals surface area contributed by atoms with Crippen molar-refractivity contribution in [2.45, 2.75) is 6.42 Å². The maximum absolute atomic E-state index is 12.1. The summed E-state index contributed by atoms with van der Waals surface area (Å²) in [6.07, 6.45) is 1.59. The number of amides is 1. The summed E-state index contributed by atoms with van der Waals surface area (Å²) in [5.41, 5.74) is 0.841. The molecule has 0 saturated carbocycles. The van der Waals surface area contributed by atoms with Crippen molar-refractivity contribution in [3.8, 4) is 0 Å². The van der Waals surface area contributed by atoms with Crippen LogP contribution in [-0.2, 0) is 9.59 Å². The van der Waals surface area contributed by atoms with Crippen molar-refractivity contribution in [1.29, 1.82) is 0 Å². The molecule has 0 atom stereocenters. The minimum atomic E-state index is -0.958. The fourth-order valence-electron chi connectivity index (χ4n) is 1.61. The van der Waals surface area contributed by atoms with Gasteiger partial charge in [-0.05, 0) is 23.8 Å². The van der Waals surface area contributed by atoms with Crippen LogP contribution in [0.4, 0.5) is 0 Å². The van der Waals surface area contributed by atoms with Crippen LogP contribution in [0.1, 0.15) is 12.0 Å². The number of thiocarbonyl (C=S) groups is 1. The van der Waals surface area contributed by atoms with Crippen molar-refractivity contribution in [3.05, 3.63) is 39.8 Å². The van der Waals surface area contributed by atoms with Crippen molar-refractivity contribution in [1.82, 2.24) is 4.90 Å². The summed E-state index contributed by atoms with van der Waals surface area (Å²) in [5, 5.41) is 9.28. The Morgan fingerprint density at radius 1 is 1.40 bits per heavy atom. The highest BCUT2D eigenvalue weighted by Crippen LogP contribution is 2.32. The molecule has 0 aliphatic carbocycles. The Morgan fingerprint density at radius 3 is 2.65 bits per heavy atom. The highest BCUT2D eigenvalue weighted by atomic mass is 35.5. The zero-order valence-corrected chi connectivity index (χ0v) is 12.6. The molecule has 0 unspecified atom stereocenters. The van der Waals surface area contributed by atoms with E-state index < -0.39 is 5.97 Å². The van der Waals surface area contributed by atoms with Crippen molar-refractivity contribution in [2.24, 2.45) is 0 Å². The first-order valence-corrected chi connectivity index (χ1v) is 7.30. The largest absolute Gasteiger partial charge is 0.481 e. The molecule has 2 rings (SSSR count). The molecule has 1 aliphatic rings. The smallest absolute Gasteiger partial charge is 0.305 e. The molecule has 1 heterocycles. The number of rotatable bonds is 4. The highest BCUT2D eigenvalue weighted by molar-refractivity contribution is 8.26. The molecule has 1 amide bonds. The van der Waals surface area contributed by atoms with Gasteiger partial charge in [-0.1, -0.05) is 47.7 Å². The summed E-state index contributed by atoms with van der Waals surface area (Å²) in [5.74, 6) is -1.21. The molecule has 1 saturated heterocycles. The number of halogens is 1. The van der Waals surface area contributed by atoms with E-state index in [1.807, 2.05) is 0 Å². The lowest BCUT2D eigenvalue weighted by Crippen LogP contribution is -2.30. The average molecular weight is 328 g/mol. The molecule has 104 valence electrons. The topological polar surface area (TPSA) is 57.6 Å². The van der Waals surface area contributed by atoms with E-state index in [9.17, 15) is 9.59 Å². The lowest BCUT2D eigenvalue weighted by Gasteiger charge is -2.12. The second kappa shape index (κ2) is 6.39. The van der Waals surface area contributed by atoms with Gasteiger partial charge in [-0.2, -0.15) is 0 Å². The number of hydrogen-bond acceptors (Lipinski definition) is 4. The number of carboxylic acids is 1. The van der Waals surface area contributed by atoms with Crippen molar-refractivity contribution in [3.63, 3.8) is 0 Å². The lowest BCUT2D eigenvalue weighted by atomic mass is 10.2. The third kappa shape index (κ3) is 3.59. The first kappa shape index (κ1) is 15.0. The zero-order chi connectivity index (χ0) is 14.7. The van der Waals surface area contributed by atoms with E-state index in [0.29, 0.717) is 14.2 Å². The standard InChI is InChI=1S/C13H10ClNO3S2/c14-9-3-1-8(2-4-9)7-10-12(18)15(13(19)20-10)6-5-11(16)17/h1-4,7H,5-6H2,(H,16,17)/b10-7-. The average Bonchev–Trinajstić information content (AvgIpc) is 2.65. The number of carboxylic acid groups (broad SMARTS) is 1. The number of carbonyl (C=O) groups excluding carboxylic acids is 1. The van der Waals surface area contributed by atoms with Gasteiger partial charge < -0.3 is 5.11 Å². The molecule has 0 spiro atoms. The molecular weight excluding hydrogens is 318 g/mol. The van der Waals surface area contributed by atoms with Gasteiger partial charge in [0.2, 0.25) is 0 Å². The maximum Gasteiger partial charge on any atom is 0.305 e. The molecule has 0 aromatic heterocycles. The van der Waals surface area contributed by atoms with Gasteiger partial charge in [0.15, 0.2) is 0 Å². The van der Waals surface area contributed by atoms with Crippen LogP contribution < -0.4 is 0 Å². The molecule has 4 nitrogen and oxygen atoms in total. The molecule has 1 aliphatic heterocycles. The van der Waals surface area contributed by atoms with Crippen LogP contribution in [0.3, 0.4) is 0 Å². The van der Waals surface area contributed by atoms with Crippen molar-refractivity contribution >= 4 is 57.9 Å². The number of aliphatic carboxylic acids is 1. The Labute approximate surface area is 130 Å². The number of thioether (sulfide) groups is 1. The summed E-state index contributed by atoms with van der Waals surface area (Å²) in [4.78, 5) is 24.5. The van der Waals surface area contributed by atoms with Crippen LogP contribution in [0, 0.1) is 0 Å². The predicted octanol–water partition coefficient (Wildman–Crippen LogP) is 3.02. The first-order valence-electron chi connectivity index (χ1n) is 5.70. The number of nitrogens with zero attached hydrogens (tertiary/aromatic N) is 1. The quantitative estimate of drug-likeness (QED) is 0.680. The Morgan fingerprint density at radius 2 is 2.05 bits per heavy atom. The number of hydrogen-bond donors (Lipinski definition) is 1. The van der Waals surface area contributed by atoms with Gasteiger partial charge in [0.05, 0.1) is 11.3 Å². The minimum absolute atomic E-state index is 0.0952. The molecule has 20 heavy (non-hydrogen) atoms. The maximum atomic E-state index is 12.1. The van der Waals surface area contributed by atoms with Crippen LogP contribution in [-0.4, -0.2) is 32.7 Å². The van der Waals surface area contributed by atoms with Gasteiger partial charge in [0, 0.05) is 11.6 Å². The Kier molecular flexibility index (Phi) is 4.80. The summed E-state index contributed by atoms with van der Waals surface area (Å²) in [6, 6.07) is 7.06. The van der Waals surface area contributed by atoms with Crippen LogP contribution in [0.25, 0.3) is 6.08 Å². The molecule has 1 aromatic rings. The molecule has 1 fully saturated rings. The van der Waals surface area contributed by atoms with E-state index in [2.05, 4.69) is 0 Å². The Hall–Kier alpha value is -1.37. The Bertz CT molecular complexity index is 598. The van der Waals surface area contributed by atoms with Gasteiger partial charge >= 0.3 is 5.97 Å². The van der Waals surface area contributed by atoms with E-state index in [4.69, 9.17) is 28.9 Å². The Balaban J connectivity index is 2.14. The third-order valence-corrected chi connectivity index (χ3v) is 4.22. The van der Waals surface area contributed by atoms with Crippen molar-refractivity contribution in [2.75, 3.05) is 6.54 Å². The molecule has 1 aromatic carbocycles. The zero-order valence-electron chi connectivity index (χ0n) is 10.2. The van der Waals surface area contributed by atoms with Crippen molar-refractivity contribution < 1.29 is 14.7 Å². The SMILES string of the molecule is O=C(O)CCN1C(=O)/C(=C/c2ccc(Cl)cc2)SC1=S. The van der Waals surface area contributed by atoms with E-state index in [0.717, 1.165) is 5.56 Å².